The number of carboxylic acid groups (broad SMARTS) is 1. The Labute approximate surface area is 111 Å². The van der Waals surface area contributed by atoms with Crippen LogP contribution in [0, 0.1) is 0 Å². The van der Waals surface area contributed by atoms with Crippen molar-refractivity contribution in [1.29, 1.82) is 0 Å². The lowest BCUT2D eigenvalue weighted by Crippen LogP contribution is -2.44. The second-order valence-corrected chi connectivity index (χ2v) is 4.76. The number of nitrogens with one attached hydrogen (secondary N) is 1. The highest BCUT2D eigenvalue weighted by Crippen LogP contribution is 2.29. The van der Waals surface area contributed by atoms with E-state index < -0.39 is 17.4 Å². The van der Waals surface area contributed by atoms with Crippen LogP contribution in [0.1, 0.15) is 30.6 Å². The number of phenolic OH excluding ortho intramolecular Hbond substituents is 1. The van der Waals surface area contributed by atoms with Gasteiger partial charge in [-0.2, -0.15) is 0 Å². The number of carbonyl (C=O) groups excluding carboxylic acids is 1. The maximum atomic E-state index is 12.0. The molecule has 6 heteroatoms. The molecule has 1 aromatic carbocycles. The van der Waals surface area contributed by atoms with E-state index in [1.54, 1.807) is 19.9 Å². The molecule has 0 fully saturated rings. The molecule has 19 heavy (non-hydrogen) atoms. The molecule has 0 aliphatic carbocycles. The van der Waals surface area contributed by atoms with Gasteiger partial charge in [-0.25, -0.2) is 0 Å². The lowest BCUT2D eigenvalue weighted by atomic mass is 10.00. The Bertz CT molecular complexity index is 496. The van der Waals surface area contributed by atoms with Crippen LogP contribution in [-0.4, -0.2) is 34.7 Å². The van der Waals surface area contributed by atoms with E-state index in [2.05, 4.69) is 5.32 Å². The highest BCUT2D eigenvalue weighted by Gasteiger charge is 2.26. The summed E-state index contributed by atoms with van der Waals surface area (Å²) in [4.78, 5) is 22.7. The number of hydrogen-bond acceptors (Lipinski definition) is 4. The first-order chi connectivity index (χ1) is 8.76. The number of ether oxygens (including phenoxy) is 1. The zero-order valence-electron chi connectivity index (χ0n) is 11.1. The van der Waals surface area contributed by atoms with Crippen LogP contribution in [0.2, 0.25) is 0 Å². The number of methoxy groups -OCH3 is 1. The summed E-state index contributed by atoms with van der Waals surface area (Å²) < 4.78 is 4.91. The van der Waals surface area contributed by atoms with E-state index in [-0.39, 0.29) is 23.5 Å². The number of hydrogen-bond donors (Lipinski definition) is 3. The number of carbonyl (C=O) groups is 2. The zero-order valence-corrected chi connectivity index (χ0v) is 11.1. The lowest BCUT2D eigenvalue weighted by molar-refractivity contribution is -0.138. The van der Waals surface area contributed by atoms with Gasteiger partial charge in [0.1, 0.15) is 0 Å². The van der Waals surface area contributed by atoms with Crippen molar-refractivity contribution in [2.24, 2.45) is 0 Å². The van der Waals surface area contributed by atoms with Gasteiger partial charge in [-0.15, -0.1) is 0 Å². The maximum absolute atomic E-state index is 12.0. The second-order valence-electron chi connectivity index (χ2n) is 4.76. The standard InChI is InChI=1S/C13H17NO5/c1-13(2,7-10(15)16)14-12(18)8-5-4-6-9(19-3)11(8)17/h4-6,17H,7H2,1-3H3,(H,14,18)(H,15,16). The molecule has 0 saturated heterocycles. The minimum Gasteiger partial charge on any atom is -0.504 e. The molecule has 6 nitrogen and oxygen atoms in total. The van der Waals surface area contributed by atoms with E-state index in [0.717, 1.165) is 0 Å². The van der Waals surface area contributed by atoms with Crippen molar-refractivity contribution in [2.75, 3.05) is 7.11 Å². The van der Waals surface area contributed by atoms with E-state index in [9.17, 15) is 14.7 Å². The number of rotatable bonds is 5. The van der Waals surface area contributed by atoms with Crippen molar-refractivity contribution in [3.63, 3.8) is 0 Å². The zero-order chi connectivity index (χ0) is 14.6. The summed E-state index contributed by atoms with van der Waals surface area (Å²) in [6, 6.07) is 4.52. The first-order valence-corrected chi connectivity index (χ1v) is 5.67. The molecule has 104 valence electrons. The topological polar surface area (TPSA) is 95.9 Å². The molecule has 0 aliphatic heterocycles. The first kappa shape index (κ1) is 14.8. The molecule has 0 bridgehead atoms. The van der Waals surface area contributed by atoms with E-state index in [4.69, 9.17) is 9.84 Å². The predicted octanol–water partition coefficient (Wildman–Crippen LogP) is 1.38. The van der Waals surface area contributed by atoms with Crippen LogP contribution < -0.4 is 10.1 Å². The van der Waals surface area contributed by atoms with Crippen molar-refractivity contribution in [2.45, 2.75) is 25.8 Å². The van der Waals surface area contributed by atoms with Crippen molar-refractivity contribution in [3.8, 4) is 11.5 Å². The molecule has 1 aromatic rings. The van der Waals surface area contributed by atoms with Gasteiger partial charge < -0.3 is 20.3 Å². The number of para-hydroxylation sites is 1. The third-order valence-electron chi connectivity index (χ3n) is 2.51. The van der Waals surface area contributed by atoms with E-state index in [1.165, 1.54) is 19.2 Å². The molecule has 0 radical (unpaired) electrons. The number of carboxylic acids is 1. The smallest absolute Gasteiger partial charge is 0.305 e. The Morgan fingerprint density at radius 1 is 1.37 bits per heavy atom. The van der Waals surface area contributed by atoms with Crippen molar-refractivity contribution < 1.29 is 24.5 Å². The molecular formula is C13H17NO5. The molecule has 0 atom stereocenters. The Morgan fingerprint density at radius 3 is 2.53 bits per heavy atom. The molecule has 3 N–H and O–H groups in total. The van der Waals surface area contributed by atoms with E-state index in [0.29, 0.717) is 0 Å². The Balaban J connectivity index is 2.93. The number of amides is 1. The normalized spacial score (nSPS) is 10.9. The van der Waals surface area contributed by atoms with Crippen molar-refractivity contribution in [1.82, 2.24) is 5.32 Å². The number of aliphatic carboxylic acids is 1. The predicted molar refractivity (Wildman–Crippen MR) is 68.5 cm³/mol. The number of phenols is 1. The van der Waals surface area contributed by atoms with Gasteiger partial charge in [-0.3, -0.25) is 9.59 Å². The summed E-state index contributed by atoms with van der Waals surface area (Å²) >= 11 is 0. The molecule has 0 spiro atoms. The monoisotopic (exact) mass is 267 g/mol. The van der Waals surface area contributed by atoms with Crippen LogP contribution in [0.5, 0.6) is 11.5 Å². The van der Waals surface area contributed by atoms with Crippen molar-refractivity contribution >= 4 is 11.9 Å². The summed E-state index contributed by atoms with van der Waals surface area (Å²) in [6.45, 7) is 3.19. The molecule has 0 heterocycles. The van der Waals surface area contributed by atoms with Gasteiger partial charge in [-0.05, 0) is 26.0 Å². The third kappa shape index (κ3) is 3.87. The number of aromatic hydroxyl groups is 1. The Hall–Kier alpha value is -2.24. The van der Waals surface area contributed by atoms with Crippen LogP contribution >= 0.6 is 0 Å². The SMILES string of the molecule is COc1cccc(C(=O)NC(C)(C)CC(=O)O)c1O. The average molecular weight is 267 g/mol. The molecular weight excluding hydrogens is 250 g/mol. The first-order valence-electron chi connectivity index (χ1n) is 5.67. The minimum atomic E-state index is -1.01. The van der Waals surface area contributed by atoms with Crippen LogP contribution in [0.25, 0.3) is 0 Å². The van der Waals surface area contributed by atoms with Gasteiger partial charge in [0.25, 0.3) is 5.91 Å². The van der Waals surface area contributed by atoms with Crippen LogP contribution in [0.15, 0.2) is 18.2 Å². The van der Waals surface area contributed by atoms with Gasteiger partial charge in [0.2, 0.25) is 0 Å². The summed E-state index contributed by atoms with van der Waals surface area (Å²) in [5.74, 6) is -1.65. The average Bonchev–Trinajstić information content (AvgIpc) is 2.26. The quantitative estimate of drug-likeness (QED) is 0.749. The van der Waals surface area contributed by atoms with Crippen LogP contribution in [0.4, 0.5) is 0 Å². The maximum Gasteiger partial charge on any atom is 0.305 e. The summed E-state index contributed by atoms with van der Waals surface area (Å²) in [5, 5.41) is 21.1. The minimum absolute atomic E-state index is 0.0396. The molecule has 1 rings (SSSR count). The molecule has 0 aromatic heterocycles. The van der Waals surface area contributed by atoms with E-state index in [1.807, 2.05) is 0 Å². The number of benzene rings is 1. The molecule has 0 saturated carbocycles. The van der Waals surface area contributed by atoms with Gasteiger partial charge in [0, 0.05) is 5.54 Å². The molecule has 1 amide bonds. The van der Waals surface area contributed by atoms with Crippen LogP contribution in [0.3, 0.4) is 0 Å². The fourth-order valence-electron chi connectivity index (χ4n) is 1.67. The Morgan fingerprint density at radius 2 is 2.00 bits per heavy atom. The molecule has 0 unspecified atom stereocenters. The summed E-state index contributed by atoms with van der Waals surface area (Å²) in [5.41, 5.74) is -0.879. The third-order valence-corrected chi connectivity index (χ3v) is 2.51. The van der Waals surface area contributed by atoms with Gasteiger partial charge in [-0.1, -0.05) is 6.07 Å². The van der Waals surface area contributed by atoms with Gasteiger partial charge >= 0.3 is 5.97 Å². The fourth-order valence-corrected chi connectivity index (χ4v) is 1.67. The summed E-state index contributed by atoms with van der Waals surface area (Å²) in [6.07, 6.45) is -0.219. The Kier molecular flexibility index (Phi) is 4.37. The lowest BCUT2D eigenvalue weighted by Gasteiger charge is -2.24. The summed E-state index contributed by atoms with van der Waals surface area (Å²) in [7, 11) is 1.38. The van der Waals surface area contributed by atoms with Gasteiger partial charge in [0.05, 0.1) is 19.1 Å². The fraction of sp³-hybridized carbons (Fsp3) is 0.385. The van der Waals surface area contributed by atoms with E-state index >= 15 is 0 Å². The van der Waals surface area contributed by atoms with Gasteiger partial charge in [0.15, 0.2) is 11.5 Å². The second kappa shape index (κ2) is 5.60. The van der Waals surface area contributed by atoms with Crippen LogP contribution in [-0.2, 0) is 4.79 Å². The molecule has 0 aliphatic rings. The highest BCUT2D eigenvalue weighted by molar-refractivity contribution is 5.98. The largest absolute Gasteiger partial charge is 0.504 e. The van der Waals surface area contributed by atoms with Crippen molar-refractivity contribution in [3.05, 3.63) is 23.8 Å². The highest BCUT2D eigenvalue weighted by atomic mass is 16.5.